The smallest absolute Gasteiger partial charge is 0.0897 e. The third kappa shape index (κ3) is 6.72. The normalized spacial score (nSPS) is 29.2. The van der Waals surface area contributed by atoms with Gasteiger partial charge in [0.15, 0.2) is 0 Å². The molecule has 0 aromatic heterocycles. The van der Waals surface area contributed by atoms with Gasteiger partial charge < -0.3 is 15.2 Å². The second kappa shape index (κ2) is 7.84. The highest BCUT2D eigenvalue weighted by Crippen LogP contribution is 2.49. The molecule has 0 aromatic rings. The topological polar surface area (TPSA) is 41.5 Å². The summed E-state index contributed by atoms with van der Waals surface area (Å²) in [7, 11) is 0. The van der Waals surface area contributed by atoms with Crippen molar-refractivity contribution in [1.29, 1.82) is 0 Å². The predicted octanol–water partition coefficient (Wildman–Crippen LogP) is 3.99. The summed E-state index contributed by atoms with van der Waals surface area (Å²) in [5.74, 6) is 2.90. The molecule has 2 aliphatic carbocycles. The molecule has 2 N–H and O–H groups in total. The summed E-state index contributed by atoms with van der Waals surface area (Å²) in [6.07, 6.45) is 7.68. The van der Waals surface area contributed by atoms with Crippen LogP contribution in [-0.2, 0) is 4.74 Å². The summed E-state index contributed by atoms with van der Waals surface area (Å²) in [6.45, 7) is 13.1. The molecule has 0 aliphatic heterocycles. The maximum absolute atomic E-state index is 10.1. The van der Waals surface area contributed by atoms with Crippen molar-refractivity contribution in [3.63, 3.8) is 0 Å². The van der Waals surface area contributed by atoms with Crippen LogP contribution in [0.3, 0.4) is 0 Å². The fourth-order valence-electron chi connectivity index (χ4n) is 5.03. The minimum absolute atomic E-state index is 0.0440. The number of β-amino-alcohol motifs (C(OH)–C–C–N with tert-alkyl or cyclic N) is 1. The molecule has 4 atom stereocenters. The van der Waals surface area contributed by atoms with Crippen LogP contribution in [0.2, 0.25) is 0 Å². The largest absolute Gasteiger partial charge is 0.389 e. The van der Waals surface area contributed by atoms with Crippen LogP contribution in [0.15, 0.2) is 0 Å². The molecule has 2 saturated carbocycles. The van der Waals surface area contributed by atoms with E-state index in [1.165, 1.54) is 32.1 Å². The van der Waals surface area contributed by atoms with Crippen molar-refractivity contribution < 1.29 is 9.84 Å². The molecule has 0 spiro atoms. The molecule has 2 fully saturated rings. The average molecular weight is 326 g/mol. The maximum atomic E-state index is 10.1. The van der Waals surface area contributed by atoms with Gasteiger partial charge in [0, 0.05) is 18.7 Å². The zero-order valence-corrected chi connectivity index (χ0v) is 16.0. The third-order valence-corrected chi connectivity index (χ3v) is 5.62. The molecule has 2 aliphatic rings. The molecule has 3 nitrogen and oxygen atoms in total. The van der Waals surface area contributed by atoms with Crippen LogP contribution >= 0.6 is 0 Å². The van der Waals surface area contributed by atoms with E-state index < -0.39 is 6.10 Å². The quantitative estimate of drug-likeness (QED) is 0.630. The number of rotatable bonds is 9. The molecule has 0 radical (unpaired) electrons. The van der Waals surface area contributed by atoms with E-state index >= 15 is 0 Å². The molecule has 3 heteroatoms. The Morgan fingerprint density at radius 3 is 2.43 bits per heavy atom. The molecule has 0 saturated heterocycles. The highest BCUT2D eigenvalue weighted by molar-refractivity contribution is 4.89. The van der Waals surface area contributed by atoms with E-state index in [0.29, 0.717) is 18.6 Å². The summed E-state index contributed by atoms with van der Waals surface area (Å²) in [5.41, 5.74) is 0.334. The number of fused-ring (bicyclic) bond motifs is 2. The van der Waals surface area contributed by atoms with Crippen LogP contribution in [0.25, 0.3) is 0 Å². The first-order chi connectivity index (χ1) is 10.6. The molecule has 2 bridgehead atoms. The van der Waals surface area contributed by atoms with Gasteiger partial charge in [-0.05, 0) is 69.1 Å². The second-order valence-corrected chi connectivity index (χ2v) is 9.95. The van der Waals surface area contributed by atoms with Gasteiger partial charge in [0.2, 0.25) is 0 Å². The molecular weight excluding hydrogens is 286 g/mol. The Bertz CT molecular complexity index is 361. The van der Waals surface area contributed by atoms with Gasteiger partial charge in [-0.15, -0.1) is 0 Å². The minimum atomic E-state index is -0.408. The number of hydrogen-bond donors (Lipinski definition) is 2. The van der Waals surface area contributed by atoms with Crippen LogP contribution in [0.1, 0.15) is 73.1 Å². The van der Waals surface area contributed by atoms with Gasteiger partial charge >= 0.3 is 0 Å². The first kappa shape index (κ1) is 19.2. The standard InChI is InChI=1S/C20H39NO2/c1-19(2,3)14-20(4,5)21-12-18(22)13-23-9-8-17-11-15-6-7-16(17)10-15/h15-18,21-22H,6-14H2,1-5H3/t15-,16-,17+,18+/m1/s1. The monoisotopic (exact) mass is 325 g/mol. The van der Waals surface area contributed by atoms with E-state index in [2.05, 4.69) is 39.9 Å². The van der Waals surface area contributed by atoms with Crippen molar-refractivity contribution in [1.82, 2.24) is 5.32 Å². The Morgan fingerprint density at radius 1 is 1.13 bits per heavy atom. The predicted molar refractivity (Wildman–Crippen MR) is 96.5 cm³/mol. The first-order valence-electron chi connectivity index (χ1n) is 9.65. The highest BCUT2D eigenvalue weighted by Gasteiger charge is 2.38. The Hall–Kier alpha value is -0.120. The van der Waals surface area contributed by atoms with Crippen molar-refractivity contribution in [2.24, 2.45) is 23.2 Å². The van der Waals surface area contributed by atoms with Crippen molar-refractivity contribution in [2.45, 2.75) is 84.8 Å². The third-order valence-electron chi connectivity index (χ3n) is 5.62. The lowest BCUT2D eigenvalue weighted by atomic mass is 9.82. The fraction of sp³-hybridized carbons (Fsp3) is 1.00. The molecule has 2 rings (SSSR count). The van der Waals surface area contributed by atoms with Gasteiger partial charge in [-0.1, -0.05) is 27.2 Å². The van der Waals surface area contributed by atoms with E-state index in [0.717, 1.165) is 30.8 Å². The van der Waals surface area contributed by atoms with Gasteiger partial charge in [-0.25, -0.2) is 0 Å². The van der Waals surface area contributed by atoms with E-state index in [9.17, 15) is 5.11 Å². The Balaban J connectivity index is 1.54. The lowest BCUT2D eigenvalue weighted by Crippen LogP contribution is -2.46. The number of hydrogen-bond acceptors (Lipinski definition) is 3. The van der Waals surface area contributed by atoms with E-state index in [1.54, 1.807) is 0 Å². The van der Waals surface area contributed by atoms with Crippen molar-refractivity contribution >= 4 is 0 Å². The van der Waals surface area contributed by atoms with E-state index in [4.69, 9.17) is 4.74 Å². The van der Waals surface area contributed by atoms with Crippen LogP contribution < -0.4 is 5.32 Å². The molecule has 0 aromatic carbocycles. The van der Waals surface area contributed by atoms with Crippen molar-refractivity contribution in [3.8, 4) is 0 Å². The molecule has 0 heterocycles. The summed E-state index contributed by atoms with van der Waals surface area (Å²) >= 11 is 0. The van der Waals surface area contributed by atoms with Gasteiger partial charge in [0.1, 0.15) is 0 Å². The zero-order valence-electron chi connectivity index (χ0n) is 16.0. The maximum Gasteiger partial charge on any atom is 0.0897 e. The van der Waals surface area contributed by atoms with Crippen molar-refractivity contribution in [2.75, 3.05) is 19.8 Å². The SMILES string of the molecule is CC(C)(C)CC(C)(C)NC[C@H](O)COCC[C@H]1C[C@@H]2CC[C@@H]1C2. The number of aliphatic hydroxyl groups is 1. The lowest BCUT2D eigenvalue weighted by Gasteiger charge is -2.34. The molecule has 0 amide bonds. The van der Waals surface area contributed by atoms with Crippen LogP contribution in [0.4, 0.5) is 0 Å². The Kier molecular flexibility index (Phi) is 6.55. The van der Waals surface area contributed by atoms with Gasteiger partial charge in [-0.2, -0.15) is 0 Å². The lowest BCUT2D eigenvalue weighted by molar-refractivity contribution is 0.0248. The number of nitrogens with one attached hydrogen (secondary N) is 1. The molecule has 0 unspecified atom stereocenters. The van der Waals surface area contributed by atoms with Crippen LogP contribution in [0, 0.1) is 23.2 Å². The summed E-state index contributed by atoms with van der Waals surface area (Å²) in [5, 5.41) is 13.6. The van der Waals surface area contributed by atoms with Crippen LogP contribution in [-0.4, -0.2) is 36.5 Å². The second-order valence-electron chi connectivity index (χ2n) is 9.95. The van der Waals surface area contributed by atoms with E-state index in [-0.39, 0.29) is 5.54 Å². The number of ether oxygens (including phenoxy) is 1. The Labute approximate surface area is 143 Å². The first-order valence-corrected chi connectivity index (χ1v) is 9.65. The van der Waals surface area contributed by atoms with Crippen LogP contribution in [0.5, 0.6) is 0 Å². The zero-order chi connectivity index (χ0) is 17.1. The molecule has 136 valence electrons. The van der Waals surface area contributed by atoms with Gasteiger partial charge in [0.25, 0.3) is 0 Å². The minimum Gasteiger partial charge on any atom is -0.389 e. The van der Waals surface area contributed by atoms with Gasteiger partial charge in [-0.3, -0.25) is 0 Å². The summed E-state index contributed by atoms with van der Waals surface area (Å²) < 4.78 is 5.74. The average Bonchev–Trinajstić information content (AvgIpc) is 3.01. The molecule has 23 heavy (non-hydrogen) atoms. The highest BCUT2D eigenvalue weighted by atomic mass is 16.5. The fourth-order valence-corrected chi connectivity index (χ4v) is 5.03. The summed E-state index contributed by atoms with van der Waals surface area (Å²) in [6, 6.07) is 0. The van der Waals surface area contributed by atoms with Crippen molar-refractivity contribution in [3.05, 3.63) is 0 Å². The number of aliphatic hydroxyl groups excluding tert-OH is 1. The Morgan fingerprint density at radius 2 is 1.87 bits per heavy atom. The van der Waals surface area contributed by atoms with Gasteiger partial charge in [0.05, 0.1) is 12.7 Å². The van der Waals surface area contributed by atoms with E-state index in [1.807, 2.05) is 0 Å². The molecular formula is C20H39NO2. The summed E-state index contributed by atoms with van der Waals surface area (Å²) in [4.78, 5) is 0.